The first-order valence-corrected chi connectivity index (χ1v) is 8.84. The lowest BCUT2D eigenvalue weighted by Crippen LogP contribution is -2.33. The zero-order valence-electron chi connectivity index (χ0n) is 14.2. The molecule has 1 unspecified atom stereocenters. The fourth-order valence-corrected chi connectivity index (χ4v) is 3.84. The van der Waals surface area contributed by atoms with Gasteiger partial charge in [0.05, 0.1) is 0 Å². The van der Waals surface area contributed by atoms with Crippen molar-refractivity contribution < 1.29 is 0 Å². The van der Waals surface area contributed by atoms with Crippen molar-refractivity contribution in [1.29, 1.82) is 0 Å². The quantitative estimate of drug-likeness (QED) is 0.707. The lowest BCUT2D eigenvalue weighted by atomic mass is 9.91. The van der Waals surface area contributed by atoms with Gasteiger partial charge in [0.25, 0.3) is 0 Å². The minimum Gasteiger partial charge on any atom is -0.361 e. The monoisotopic (exact) mass is 316 g/mol. The van der Waals surface area contributed by atoms with Crippen LogP contribution in [0.2, 0.25) is 0 Å². The maximum absolute atomic E-state index is 3.66. The number of hydrogen-bond acceptors (Lipinski definition) is 1. The van der Waals surface area contributed by atoms with Gasteiger partial charge < -0.3 is 10.3 Å². The van der Waals surface area contributed by atoms with E-state index in [1.165, 1.54) is 39.6 Å². The van der Waals surface area contributed by atoms with Gasteiger partial charge in [-0.1, -0.05) is 48.5 Å². The van der Waals surface area contributed by atoms with Crippen LogP contribution in [0.25, 0.3) is 16.5 Å². The van der Waals surface area contributed by atoms with Gasteiger partial charge in [-0.25, -0.2) is 0 Å². The number of rotatable bonds is 4. The molecule has 4 rings (SSSR count). The Balaban J connectivity index is 1.46. The van der Waals surface area contributed by atoms with Gasteiger partial charge in [0.2, 0.25) is 0 Å². The van der Waals surface area contributed by atoms with E-state index in [1.807, 2.05) is 0 Å². The smallest absolute Gasteiger partial charge is 0.0459 e. The molecular weight excluding hydrogens is 292 g/mol. The minimum atomic E-state index is 0.555. The van der Waals surface area contributed by atoms with Crippen LogP contribution in [0.4, 0.5) is 0 Å². The normalized spacial score (nSPS) is 17.9. The summed E-state index contributed by atoms with van der Waals surface area (Å²) in [5.74, 6) is 0. The number of aromatic nitrogens is 1. The third-order valence-electron chi connectivity index (χ3n) is 5.12. The van der Waals surface area contributed by atoms with Crippen molar-refractivity contribution in [1.82, 2.24) is 10.3 Å². The van der Waals surface area contributed by atoms with Crippen LogP contribution >= 0.6 is 0 Å². The van der Waals surface area contributed by atoms with Crippen LogP contribution in [0.15, 0.2) is 60.8 Å². The molecule has 0 saturated heterocycles. The molecule has 2 nitrogen and oxygen atoms in total. The van der Waals surface area contributed by atoms with Crippen molar-refractivity contribution in [2.24, 2.45) is 0 Å². The van der Waals surface area contributed by atoms with E-state index in [0.717, 1.165) is 19.4 Å². The van der Waals surface area contributed by atoms with Crippen LogP contribution in [0.1, 0.15) is 29.5 Å². The topological polar surface area (TPSA) is 27.8 Å². The zero-order chi connectivity index (χ0) is 16.4. The number of aryl methyl sites for hydroxylation is 2. The first kappa shape index (κ1) is 15.2. The summed E-state index contributed by atoms with van der Waals surface area (Å²) in [6, 6.07) is 17.9. The highest BCUT2D eigenvalue weighted by atomic mass is 14.9. The van der Waals surface area contributed by atoms with Gasteiger partial charge in [-0.2, -0.15) is 0 Å². The highest BCUT2D eigenvalue weighted by Crippen LogP contribution is 2.27. The highest BCUT2D eigenvalue weighted by molar-refractivity contribution is 5.86. The Bertz CT molecular complexity index is 858. The van der Waals surface area contributed by atoms with Crippen molar-refractivity contribution in [2.75, 3.05) is 6.54 Å². The van der Waals surface area contributed by atoms with Gasteiger partial charge in [0, 0.05) is 29.7 Å². The van der Waals surface area contributed by atoms with E-state index in [-0.39, 0.29) is 0 Å². The molecule has 1 atom stereocenters. The number of hydrogen-bond donors (Lipinski definition) is 2. The van der Waals surface area contributed by atoms with Gasteiger partial charge in [-0.05, 0) is 54.5 Å². The van der Waals surface area contributed by atoms with E-state index in [0.29, 0.717) is 6.04 Å². The molecule has 2 heteroatoms. The summed E-state index contributed by atoms with van der Waals surface area (Å²) in [4.78, 5) is 3.37. The molecule has 0 aliphatic carbocycles. The molecule has 0 radical (unpaired) electrons. The van der Waals surface area contributed by atoms with Gasteiger partial charge in [-0.15, -0.1) is 0 Å². The zero-order valence-corrected chi connectivity index (χ0v) is 14.2. The largest absolute Gasteiger partial charge is 0.361 e. The van der Waals surface area contributed by atoms with E-state index in [9.17, 15) is 0 Å². The minimum absolute atomic E-state index is 0.555. The van der Waals surface area contributed by atoms with E-state index in [4.69, 9.17) is 0 Å². The van der Waals surface area contributed by atoms with E-state index >= 15 is 0 Å². The third kappa shape index (κ3) is 3.02. The Morgan fingerprint density at radius 3 is 2.79 bits per heavy atom. The van der Waals surface area contributed by atoms with Gasteiger partial charge in [0.1, 0.15) is 0 Å². The average molecular weight is 316 g/mol. The standard InChI is InChI=1S/C22H24N2/c1-16-15-24-21-9-5-8-18(22(16)21)10-11-20-14-19(12-13-23-20)17-6-3-2-4-7-17/h2-9,12,15,20,23-24H,10-11,13-14H2,1H3. The lowest BCUT2D eigenvalue weighted by Gasteiger charge is -2.25. The number of nitrogens with one attached hydrogen (secondary N) is 2. The van der Waals surface area contributed by atoms with Crippen molar-refractivity contribution in [3.8, 4) is 0 Å². The summed E-state index contributed by atoms with van der Waals surface area (Å²) in [6.07, 6.45) is 7.86. The summed E-state index contributed by atoms with van der Waals surface area (Å²) < 4.78 is 0. The first-order valence-electron chi connectivity index (χ1n) is 8.84. The molecule has 0 bridgehead atoms. The molecule has 1 aromatic heterocycles. The molecule has 1 aliphatic rings. The number of benzene rings is 2. The summed E-state index contributed by atoms with van der Waals surface area (Å²) >= 11 is 0. The third-order valence-corrected chi connectivity index (χ3v) is 5.12. The van der Waals surface area contributed by atoms with Crippen LogP contribution < -0.4 is 5.32 Å². The van der Waals surface area contributed by atoms with Crippen LogP contribution in [0, 0.1) is 6.92 Å². The second-order valence-corrected chi connectivity index (χ2v) is 6.75. The SMILES string of the molecule is Cc1c[nH]c2cccc(CCC3CC(c4ccccc4)=CCN3)c12. The maximum atomic E-state index is 3.66. The predicted octanol–water partition coefficient (Wildman–Crippen LogP) is 4.85. The van der Waals surface area contributed by atoms with Crippen LogP contribution in [0.5, 0.6) is 0 Å². The highest BCUT2D eigenvalue weighted by Gasteiger charge is 2.16. The summed E-state index contributed by atoms with van der Waals surface area (Å²) in [6.45, 7) is 3.17. The lowest BCUT2D eigenvalue weighted by molar-refractivity contribution is 0.502. The summed E-state index contributed by atoms with van der Waals surface area (Å²) in [5.41, 5.74) is 6.92. The first-order chi connectivity index (χ1) is 11.8. The Morgan fingerprint density at radius 2 is 1.92 bits per heavy atom. The van der Waals surface area contributed by atoms with Crippen molar-refractivity contribution in [3.63, 3.8) is 0 Å². The molecule has 0 saturated carbocycles. The Morgan fingerprint density at radius 1 is 1.04 bits per heavy atom. The molecule has 0 amide bonds. The Kier molecular flexibility index (Phi) is 4.22. The molecule has 3 aromatic rings. The second kappa shape index (κ2) is 6.66. The molecule has 24 heavy (non-hydrogen) atoms. The van der Waals surface area contributed by atoms with E-state index in [1.54, 1.807) is 0 Å². The molecule has 2 N–H and O–H groups in total. The molecule has 0 fully saturated rings. The van der Waals surface area contributed by atoms with Gasteiger partial charge >= 0.3 is 0 Å². The van der Waals surface area contributed by atoms with Crippen LogP contribution in [-0.2, 0) is 6.42 Å². The average Bonchev–Trinajstić information content (AvgIpc) is 3.03. The molecule has 0 spiro atoms. The van der Waals surface area contributed by atoms with Gasteiger partial charge in [-0.3, -0.25) is 0 Å². The van der Waals surface area contributed by atoms with Crippen LogP contribution in [-0.4, -0.2) is 17.6 Å². The molecule has 122 valence electrons. The molecule has 2 aromatic carbocycles. The van der Waals surface area contributed by atoms with Crippen molar-refractivity contribution in [3.05, 3.63) is 77.5 Å². The van der Waals surface area contributed by atoms with Crippen molar-refractivity contribution in [2.45, 2.75) is 32.2 Å². The second-order valence-electron chi connectivity index (χ2n) is 6.75. The summed E-state index contributed by atoms with van der Waals surface area (Å²) in [5, 5.41) is 5.07. The van der Waals surface area contributed by atoms with E-state index in [2.05, 4.69) is 78.0 Å². The molecule has 1 aliphatic heterocycles. The number of H-pyrrole nitrogens is 1. The van der Waals surface area contributed by atoms with Crippen molar-refractivity contribution >= 4 is 16.5 Å². The summed E-state index contributed by atoms with van der Waals surface area (Å²) in [7, 11) is 0. The van der Waals surface area contributed by atoms with E-state index < -0.39 is 0 Å². The Labute approximate surface area is 143 Å². The fraction of sp³-hybridized carbons (Fsp3) is 0.273. The fourth-order valence-electron chi connectivity index (χ4n) is 3.84. The Hall–Kier alpha value is -2.32. The molecular formula is C22H24N2. The van der Waals surface area contributed by atoms with Crippen LogP contribution in [0.3, 0.4) is 0 Å². The van der Waals surface area contributed by atoms with Gasteiger partial charge in [0.15, 0.2) is 0 Å². The predicted molar refractivity (Wildman–Crippen MR) is 102 cm³/mol. The maximum Gasteiger partial charge on any atom is 0.0459 e. The number of fused-ring (bicyclic) bond motifs is 1. The number of aromatic amines is 1. The molecule has 2 heterocycles.